The van der Waals surface area contributed by atoms with Crippen LogP contribution in [0, 0.1) is 0 Å². The second-order valence-corrected chi connectivity index (χ2v) is 6.88. The molecule has 13 heteroatoms. The van der Waals surface area contributed by atoms with Gasteiger partial charge in [0.1, 0.15) is 0 Å². The van der Waals surface area contributed by atoms with Crippen molar-refractivity contribution in [3.63, 3.8) is 0 Å². The molecule has 0 aromatic rings. The van der Waals surface area contributed by atoms with E-state index in [0.29, 0.717) is 13.2 Å². The van der Waals surface area contributed by atoms with Crippen LogP contribution >= 0.6 is 15.6 Å². The molecule has 136 valence electrons. The summed E-state index contributed by atoms with van der Waals surface area (Å²) >= 11 is 0. The predicted octanol–water partition coefficient (Wildman–Crippen LogP) is -7.27. The number of unbranched alkanes of at least 4 members (excludes halogenated alkanes) is 2. The Labute approximate surface area is 218 Å². The molecule has 0 bridgehead atoms. The second kappa shape index (κ2) is 23.5. The van der Waals surface area contributed by atoms with Crippen molar-refractivity contribution in [3.8, 4) is 0 Å². The topological polar surface area (TPSA) is 131 Å². The molecule has 8 nitrogen and oxygen atoms in total. The van der Waals surface area contributed by atoms with E-state index in [9.17, 15) is 4.57 Å². The maximum Gasteiger partial charge on any atom is 1.00 e. The molecule has 0 aromatic heterocycles. The van der Waals surface area contributed by atoms with E-state index in [2.05, 4.69) is 6.92 Å². The van der Waals surface area contributed by atoms with Gasteiger partial charge < -0.3 is 19.2 Å². The summed E-state index contributed by atoms with van der Waals surface area (Å²) in [6.45, 7) is 8.43. The summed E-state index contributed by atoms with van der Waals surface area (Å²) in [5.74, 6) is 0. The molecular weight excluding hydrogens is 403 g/mol. The minimum absolute atomic E-state index is 0. The summed E-state index contributed by atoms with van der Waals surface area (Å²) in [6, 6.07) is 0. The molecular formula is C12H27Na3O8P2. The Balaban J connectivity index is -0.000000147. The van der Waals surface area contributed by atoms with Gasteiger partial charge in [0.05, 0.1) is 19.3 Å². The smallest absolute Gasteiger partial charge is 0.822 e. The summed E-state index contributed by atoms with van der Waals surface area (Å²) in [5.41, 5.74) is 0. The fourth-order valence-electron chi connectivity index (χ4n) is 1.55. The average Bonchev–Trinajstić information content (AvgIpc) is 2.36. The summed E-state index contributed by atoms with van der Waals surface area (Å²) in [4.78, 5) is 25.6. The van der Waals surface area contributed by atoms with Gasteiger partial charge in [-0.1, -0.05) is 33.1 Å². The van der Waals surface area contributed by atoms with Gasteiger partial charge in [-0.05, 0) is 26.7 Å². The average molecular weight is 430 g/mol. The fourth-order valence-corrected chi connectivity index (χ4v) is 3.00. The van der Waals surface area contributed by atoms with Gasteiger partial charge >= 0.3 is 96.5 Å². The normalized spacial score (nSPS) is 11.8. The third-order valence-corrected chi connectivity index (χ3v) is 4.14. The van der Waals surface area contributed by atoms with Crippen molar-refractivity contribution in [2.45, 2.75) is 65.9 Å². The largest absolute Gasteiger partial charge is 1.00 e. The van der Waals surface area contributed by atoms with Crippen LogP contribution in [0.1, 0.15) is 59.8 Å². The van der Waals surface area contributed by atoms with Crippen molar-refractivity contribution < 1.29 is 126 Å². The molecule has 0 aliphatic rings. The number of hydrogen-bond donors (Lipinski definition) is 0. The zero-order chi connectivity index (χ0) is 17.6. The van der Waals surface area contributed by atoms with Gasteiger partial charge in [0.2, 0.25) is 0 Å². The number of phosphoric ester groups is 1. The third-order valence-electron chi connectivity index (χ3n) is 2.44. The van der Waals surface area contributed by atoms with Gasteiger partial charge in [-0.25, -0.2) is 4.57 Å². The van der Waals surface area contributed by atoms with E-state index in [-0.39, 0.29) is 94.8 Å². The molecule has 1 unspecified atom stereocenters. The maximum atomic E-state index is 12.1. The van der Waals surface area contributed by atoms with Crippen LogP contribution < -0.4 is 103 Å². The summed E-state index contributed by atoms with van der Waals surface area (Å²) in [5, 5.41) is 0. The van der Waals surface area contributed by atoms with Crippen molar-refractivity contribution in [2.75, 3.05) is 13.2 Å². The Morgan fingerprint density at radius 3 is 1.52 bits per heavy atom. The first-order valence-corrected chi connectivity index (χ1v) is 10.3. The van der Waals surface area contributed by atoms with Crippen LogP contribution in [0.5, 0.6) is 0 Å². The van der Waals surface area contributed by atoms with Crippen LogP contribution in [0.3, 0.4) is 0 Å². The first-order chi connectivity index (χ1) is 10.1. The first kappa shape index (κ1) is 38.8. The molecule has 0 radical (unpaired) electrons. The summed E-state index contributed by atoms with van der Waals surface area (Å²) < 4.78 is 36.5. The van der Waals surface area contributed by atoms with E-state index in [1.54, 1.807) is 13.8 Å². The predicted molar refractivity (Wildman–Crippen MR) is 77.8 cm³/mol. The van der Waals surface area contributed by atoms with Crippen molar-refractivity contribution in [1.82, 2.24) is 0 Å². The summed E-state index contributed by atoms with van der Waals surface area (Å²) in [6.07, 6.45) is 5.14. The molecule has 0 rings (SSSR count). The van der Waals surface area contributed by atoms with Crippen LogP contribution in [0.4, 0.5) is 0 Å². The van der Waals surface area contributed by atoms with E-state index >= 15 is 0 Å². The Kier molecular flexibility index (Phi) is 36.5. The fraction of sp³-hybridized carbons (Fsp3) is 1.00. The molecule has 0 saturated carbocycles. The van der Waals surface area contributed by atoms with Crippen LogP contribution in [0.15, 0.2) is 0 Å². The van der Waals surface area contributed by atoms with Gasteiger partial charge in [0.25, 0.3) is 0 Å². The molecule has 0 N–H and O–H groups in total. The van der Waals surface area contributed by atoms with Crippen LogP contribution in [0.25, 0.3) is 0 Å². The Bertz CT molecular complexity index is 339. The minimum atomic E-state index is -5.39. The molecule has 0 saturated heterocycles. The van der Waals surface area contributed by atoms with Crippen molar-refractivity contribution in [1.29, 1.82) is 0 Å². The summed E-state index contributed by atoms with van der Waals surface area (Å²) in [7, 11) is -8.73. The Morgan fingerprint density at radius 2 is 1.24 bits per heavy atom. The minimum Gasteiger partial charge on any atom is -0.822 e. The molecule has 25 heavy (non-hydrogen) atoms. The molecule has 0 fully saturated rings. The second-order valence-electron chi connectivity index (χ2n) is 4.36. The standard InChI is InChI=1S/C12H27O4P.3Na.H3O4P/c1-5-9-10-11-12(6-2)16-17(13,14-7-3)15-8-4;;;;1-5(2,3)4/h12H,5-11H2,1-4H3;;;;(H3,1,2,3,4)/q;3*+1;/p-3. The van der Waals surface area contributed by atoms with E-state index < -0.39 is 15.6 Å². The Hall–Kier alpha value is 3.22. The molecule has 0 aliphatic carbocycles. The number of rotatable bonds is 11. The van der Waals surface area contributed by atoms with Crippen molar-refractivity contribution in [3.05, 3.63) is 0 Å². The molecule has 0 aromatic carbocycles. The zero-order valence-corrected chi connectivity index (χ0v) is 24.5. The number of hydrogen-bond acceptors (Lipinski definition) is 8. The number of phosphoric acid groups is 2. The van der Waals surface area contributed by atoms with Gasteiger partial charge in [0, 0.05) is 0 Å². The van der Waals surface area contributed by atoms with Crippen LogP contribution in [0.2, 0.25) is 0 Å². The van der Waals surface area contributed by atoms with E-state index in [1.165, 1.54) is 12.8 Å². The first-order valence-electron chi connectivity index (χ1n) is 7.42. The van der Waals surface area contributed by atoms with Gasteiger partial charge in [-0.3, -0.25) is 13.6 Å². The van der Waals surface area contributed by atoms with Crippen LogP contribution in [-0.2, 0) is 22.7 Å². The van der Waals surface area contributed by atoms with E-state index in [0.717, 1.165) is 19.3 Å². The molecule has 0 heterocycles. The van der Waals surface area contributed by atoms with Crippen LogP contribution in [-0.4, -0.2) is 19.3 Å². The molecule has 0 aliphatic heterocycles. The molecule has 1 atom stereocenters. The quantitative estimate of drug-likeness (QED) is 0.180. The van der Waals surface area contributed by atoms with Gasteiger partial charge in [-0.15, -0.1) is 0 Å². The van der Waals surface area contributed by atoms with E-state index in [1.807, 2.05) is 6.92 Å². The monoisotopic (exact) mass is 430 g/mol. The van der Waals surface area contributed by atoms with Gasteiger partial charge in [0.15, 0.2) is 0 Å². The van der Waals surface area contributed by atoms with E-state index in [4.69, 9.17) is 32.8 Å². The van der Waals surface area contributed by atoms with Crippen molar-refractivity contribution >= 4 is 15.6 Å². The zero-order valence-electron chi connectivity index (χ0n) is 16.7. The van der Waals surface area contributed by atoms with Gasteiger partial charge in [-0.2, -0.15) is 7.82 Å². The Morgan fingerprint density at radius 1 is 0.840 bits per heavy atom. The maximum absolute atomic E-state index is 12.1. The SMILES string of the molecule is CCCCCC(CC)OP(=O)(OCC)OCC.O=P([O-])([O-])[O-].[Na+].[Na+].[Na+]. The van der Waals surface area contributed by atoms with Crippen molar-refractivity contribution in [2.24, 2.45) is 0 Å². The molecule has 0 spiro atoms. The third kappa shape index (κ3) is 32.1. The molecule has 0 amide bonds.